The van der Waals surface area contributed by atoms with Gasteiger partial charge in [0.2, 0.25) is 0 Å². The van der Waals surface area contributed by atoms with Crippen LogP contribution in [0.25, 0.3) is 54.9 Å². The van der Waals surface area contributed by atoms with Crippen LogP contribution >= 0.6 is 0 Å². The van der Waals surface area contributed by atoms with Gasteiger partial charge in [-0.25, -0.2) is 0 Å². The zero-order valence-electron chi connectivity index (χ0n) is 32.5. The number of fused-ring (bicyclic) bond motifs is 5. The van der Waals surface area contributed by atoms with E-state index in [1.807, 2.05) is 0 Å². The highest BCUT2D eigenvalue weighted by Crippen LogP contribution is 2.51. The average Bonchev–Trinajstić information content (AvgIpc) is 3.64. The van der Waals surface area contributed by atoms with Gasteiger partial charge in [0.1, 0.15) is 0 Å². The third-order valence-electron chi connectivity index (χ3n) is 12.7. The van der Waals surface area contributed by atoms with Crippen molar-refractivity contribution in [2.75, 3.05) is 9.80 Å². The lowest BCUT2D eigenvalue weighted by Gasteiger charge is -2.34. The van der Waals surface area contributed by atoms with Crippen molar-refractivity contribution in [3.05, 3.63) is 212 Å². The Balaban J connectivity index is 1.03. The molecule has 0 radical (unpaired) electrons. The second-order valence-electron chi connectivity index (χ2n) is 15.9. The molecule has 2 nitrogen and oxygen atoms in total. The van der Waals surface area contributed by atoms with Crippen LogP contribution in [0.1, 0.15) is 37.2 Å². The van der Waals surface area contributed by atoms with E-state index in [9.17, 15) is 0 Å². The van der Waals surface area contributed by atoms with Gasteiger partial charge in [0, 0.05) is 40.4 Å². The molecule has 9 aromatic carbocycles. The summed E-state index contributed by atoms with van der Waals surface area (Å²) in [6.07, 6.45) is 5.14. The maximum Gasteiger partial charge on any atom is 0.0467 e. The maximum atomic E-state index is 2.63. The van der Waals surface area contributed by atoms with Crippen LogP contribution in [-0.2, 0) is 0 Å². The lowest BCUT2D eigenvalue weighted by atomic mass is 9.82. The van der Waals surface area contributed by atoms with Crippen molar-refractivity contribution in [3.63, 3.8) is 0 Å². The van der Waals surface area contributed by atoms with Crippen LogP contribution < -0.4 is 9.80 Å². The van der Waals surface area contributed by atoms with Gasteiger partial charge in [-0.2, -0.15) is 0 Å². The Kier molecular flexibility index (Phi) is 8.62. The van der Waals surface area contributed by atoms with Gasteiger partial charge in [0.15, 0.2) is 0 Å². The molecule has 1 saturated carbocycles. The molecule has 1 aliphatic heterocycles. The highest BCUT2D eigenvalue weighted by Gasteiger charge is 2.40. The Morgan fingerprint density at radius 2 is 0.879 bits per heavy atom. The molecule has 1 aliphatic carbocycles. The zero-order valence-corrected chi connectivity index (χ0v) is 32.5. The van der Waals surface area contributed by atoms with E-state index in [-0.39, 0.29) is 0 Å². The molecule has 278 valence electrons. The summed E-state index contributed by atoms with van der Waals surface area (Å²) in [4.78, 5) is 5.05. The quantitative estimate of drug-likeness (QED) is 0.150. The van der Waals surface area contributed by atoms with Gasteiger partial charge in [-0.1, -0.05) is 165 Å². The summed E-state index contributed by atoms with van der Waals surface area (Å²) < 4.78 is 0. The molecule has 58 heavy (non-hydrogen) atoms. The topological polar surface area (TPSA) is 6.48 Å². The van der Waals surface area contributed by atoms with Crippen molar-refractivity contribution in [1.82, 2.24) is 0 Å². The van der Waals surface area contributed by atoms with Gasteiger partial charge in [-0.3, -0.25) is 0 Å². The van der Waals surface area contributed by atoms with Crippen molar-refractivity contribution in [2.24, 2.45) is 0 Å². The predicted molar refractivity (Wildman–Crippen MR) is 246 cm³/mol. The minimum Gasteiger partial charge on any atom is -0.338 e. The monoisotopic (exact) mass is 744 g/mol. The molecule has 2 heteroatoms. The van der Waals surface area contributed by atoms with Crippen LogP contribution in [0.15, 0.2) is 206 Å². The van der Waals surface area contributed by atoms with Crippen molar-refractivity contribution in [1.29, 1.82) is 0 Å². The van der Waals surface area contributed by atoms with Crippen molar-refractivity contribution >= 4 is 50.0 Å². The summed E-state index contributed by atoms with van der Waals surface area (Å²) in [7, 11) is 0. The number of para-hydroxylation sites is 1. The standard InChI is InChI=1S/C56H44N2/c1-3-16-39(17-4-1)42-20-15-21-46(38-42)57(44-34-36-45(37-35-44)58-53-28-13-11-22-47(53)48-23-12-14-29-54(48)58)43-32-30-41(31-33-43)56-51-26-9-7-24-49(51)55(40-18-5-2-6-19-40)50-25-8-10-27-52(50)56/h1-11,13,15-22,24-28,30-38,48,54H,12,14,23,29H2. The number of anilines is 5. The fourth-order valence-electron chi connectivity index (χ4n) is 10.1. The summed E-state index contributed by atoms with van der Waals surface area (Å²) in [6.45, 7) is 0. The number of hydrogen-bond acceptors (Lipinski definition) is 2. The smallest absolute Gasteiger partial charge is 0.0467 e. The van der Waals surface area contributed by atoms with Crippen LogP contribution in [0, 0.1) is 0 Å². The molecule has 0 spiro atoms. The fourth-order valence-corrected chi connectivity index (χ4v) is 10.1. The summed E-state index contributed by atoms with van der Waals surface area (Å²) in [5.74, 6) is 0.615. The molecule has 0 saturated heterocycles. The fraction of sp³-hybridized carbons (Fsp3) is 0.107. The predicted octanol–water partition coefficient (Wildman–Crippen LogP) is 15.6. The van der Waals surface area contributed by atoms with E-state index in [1.165, 1.54) is 97.5 Å². The normalized spacial score (nSPS) is 16.0. The number of hydrogen-bond donors (Lipinski definition) is 0. The molecule has 0 aromatic heterocycles. The minimum absolute atomic E-state index is 0.525. The summed E-state index contributed by atoms with van der Waals surface area (Å²) in [5, 5.41) is 5.07. The van der Waals surface area contributed by atoms with Crippen LogP contribution in [0.5, 0.6) is 0 Å². The second-order valence-corrected chi connectivity index (χ2v) is 15.9. The highest BCUT2D eigenvalue weighted by molar-refractivity contribution is 6.21. The zero-order chi connectivity index (χ0) is 38.4. The van der Waals surface area contributed by atoms with Crippen LogP contribution in [-0.4, -0.2) is 6.04 Å². The molecule has 1 fully saturated rings. The third kappa shape index (κ3) is 5.87. The van der Waals surface area contributed by atoms with Gasteiger partial charge in [0.25, 0.3) is 0 Å². The van der Waals surface area contributed by atoms with Gasteiger partial charge < -0.3 is 9.80 Å². The van der Waals surface area contributed by atoms with Crippen molar-refractivity contribution in [3.8, 4) is 33.4 Å². The van der Waals surface area contributed by atoms with Gasteiger partial charge in [0.05, 0.1) is 0 Å². The summed E-state index contributed by atoms with van der Waals surface area (Å²) in [6, 6.07) is 76.5. The van der Waals surface area contributed by atoms with Crippen LogP contribution in [0.2, 0.25) is 0 Å². The van der Waals surface area contributed by atoms with E-state index >= 15 is 0 Å². The van der Waals surface area contributed by atoms with Crippen LogP contribution in [0.4, 0.5) is 28.4 Å². The summed E-state index contributed by atoms with van der Waals surface area (Å²) >= 11 is 0. The highest BCUT2D eigenvalue weighted by atomic mass is 15.2. The molecule has 1 heterocycles. The van der Waals surface area contributed by atoms with E-state index in [2.05, 4.69) is 216 Å². The Labute approximate surface area is 341 Å². The Hall–Kier alpha value is -6.90. The second kappa shape index (κ2) is 14.6. The number of rotatable bonds is 7. The maximum absolute atomic E-state index is 2.63. The van der Waals surface area contributed by atoms with Crippen LogP contribution in [0.3, 0.4) is 0 Å². The first-order chi connectivity index (χ1) is 28.8. The first-order valence-electron chi connectivity index (χ1n) is 20.8. The van der Waals surface area contributed by atoms with Crippen molar-refractivity contribution in [2.45, 2.75) is 37.6 Å². The first-order valence-corrected chi connectivity index (χ1v) is 20.8. The SMILES string of the molecule is c1ccc(-c2cccc(N(c3ccc(-c4c5ccccc5c(-c5ccccc5)c5ccccc45)cc3)c3ccc(N4c5ccccc5C5CCCCC54)cc3)c2)cc1. The third-order valence-corrected chi connectivity index (χ3v) is 12.7. The largest absolute Gasteiger partial charge is 0.338 e. The first kappa shape index (κ1) is 34.4. The number of nitrogens with zero attached hydrogens (tertiary/aromatic N) is 2. The van der Waals surface area contributed by atoms with E-state index < -0.39 is 0 Å². The summed E-state index contributed by atoms with van der Waals surface area (Å²) in [5.41, 5.74) is 15.0. The minimum atomic E-state index is 0.525. The lowest BCUT2D eigenvalue weighted by Crippen LogP contribution is -2.32. The van der Waals surface area contributed by atoms with Gasteiger partial charge in [-0.05, 0) is 128 Å². The Bertz CT molecular complexity index is 2840. The number of benzene rings is 9. The van der Waals surface area contributed by atoms with E-state index in [1.54, 1.807) is 0 Å². The molecular weight excluding hydrogens is 701 g/mol. The van der Waals surface area contributed by atoms with Gasteiger partial charge in [-0.15, -0.1) is 0 Å². The molecule has 0 amide bonds. The van der Waals surface area contributed by atoms with E-state index in [4.69, 9.17) is 0 Å². The molecule has 9 aromatic rings. The lowest BCUT2D eigenvalue weighted by molar-refractivity contribution is 0.402. The van der Waals surface area contributed by atoms with E-state index in [0.29, 0.717) is 12.0 Å². The molecule has 2 aliphatic rings. The molecule has 0 N–H and O–H groups in total. The van der Waals surface area contributed by atoms with E-state index in [0.717, 1.165) is 17.1 Å². The molecule has 2 atom stereocenters. The van der Waals surface area contributed by atoms with Gasteiger partial charge >= 0.3 is 0 Å². The molecule has 2 unspecified atom stereocenters. The average molecular weight is 745 g/mol. The molecular formula is C56H44N2. The Morgan fingerprint density at radius 1 is 0.379 bits per heavy atom. The van der Waals surface area contributed by atoms with Crippen molar-refractivity contribution < 1.29 is 0 Å². The Morgan fingerprint density at radius 3 is 1.52 bits per heavy atom. The molecule has 11 rings (SSSR count). The molecule has 0 bridgehead atoms.